The van der Waals surface area contributed by atoms with Crippen LogP contribution in [0.4, 0.5) is 0 Å². The van der Waals surface area contributed by atoms with Crippen LogP contribution in [-0.2, 0) is 0 Å². The smallest absolute Gasteiger partial charge is 0.336 e. The van der Waals surface area contributed by atoms with Gasteiger partial charge in [0.05, 0.1) is 11.8 Å². The van der Waals surface area contributed by atoms with Gasteiger partial charge in [0.1, 0.15) is 5.03 Å². The molecule has 17 heavy (non-hydrogen) atoms. The lowest BCUT2D eigenvalue weighted by Gasteiger charge is -2.04. The van der Waals surface area contributed by atoms with E-state index in [1.165, 1.54) is 11.8 Å². The summed E-state index contributed by atoms with van der Waals surface area (Å²) >= 11 is 1.30. The molecule has 0 saturated carbocycles. The molecule has 0 unspecified atom stereocenters. The van der Waals surface area contributed by atoms with E-state index in [0.29, 0.717) is 9.92 Å². The van der Waals surface area contributed by atoms with E-state index < -0.39 is 5.97 Å². The van der Waals surface area contributed by atoms with Gasteiger partial charge in [0.25, 0.3) is 0 Å². The molecule has 1 heterocycles. The van der Waals surface area contributed by atoms with Gasteiger partial charge in [0, 0.05) is 4.90 Å². The van der Waals surface area contributed by atoms with E-state index in [-0.39, 0.29) is 5.56 Å². The van der Waals surface area contributed by atoms with Crippen LogP contribution in [0.25, 0.3) is 0 Å². The fraction of sp³-hybridized carbons (Fsp3) is 0.0833. The van der Waals surface area contributed by atoms with Gasteiger partial charge in [-0.2, -0.15) is 5.10 Å². The summed E-state index contributed by atoms with van der Waals surface area (Å²) in [6, 6.07) is 8.72. The quantitative estimate of drug-likeness (QED) is 0.902. The first kappa shape index (κ1) is 11.6. The molecule has 0 fully saturated rings. The summed E-state index contributed by atoms with van der Waals surface area (Å²) in [7, 11) is 0. The zero-order chi connectivity index (χ0) is 12.3. The molecule has 0 atom stereocenters. The second-order valence-electron chi connectivity index (χ2n) is 3.47. The molecule has 0 aliphatic heterocycles. The molecule has 0 aliphatic rings. The second-order valence-corrected chi connectivity index (χ2v) is 4.54. The topological polar surface area (TPSA) is 63.1 Å². The third kappa shape index (κ3) is 2.82. The number of carboxylic acid groups (broad SMARTS) is 1. The molecule has 86 valence electrons. The van der Waals surface area contributed by atoms with Gasteiger partial charge in [-0.3, -0.25) is 0 Å². The van der Waals surface area contributed by atoms with Crippen molar-refractivity contribution >= 4 is 17.7 Å². The van der Waals surface area contributed by atoms with E-state index in [2.05, 4.69) is 10.2 Å². The number of aryl methyl sites for hydroxylation is 1. The van der Waals surface area contributed by atoms with Gasteiger partial charge in [0.2, 0.25) is 0 Å². The molecule has 0 amide bonds. The Hall–Kier alpha value is -1.88. The Morgan fingerprint density at radius 2 is 2.12 bits per heavy atom. The van der Waals surface area contributed by atoms with E-state index in [4.69, 9.17) is 5.11 Å². The summed E-state index contributed by atoms with van der Waals surface area (Å²) in [4.78, 5) is 11.7. The molecular formula is C12H10N2O2S. The van der Waals surface area contributed by atoms with Gasteiger partial charge in [-0.15, -0.1) is 5.10 Å². The third-order valence-electron chi connectivity index (χ3n) is 2.10. The summed E-state index contributed by atoms with van der Waals surface area (Å²) in [5, 5.41) is 17.5. The molecule has 0 spiro atoms. The molecule has 5 heteroatoms. The van der Waals surface area contributed by atoms with Crippen LogP contribution >= 0.6 is 11.8 Å². The lowest BCUT2D eigenvalue weighted by Crippen LogP contribution is -1.98. The van der Waals surface area contributed by atoms with Crippen LogP contribution in [0.2, 0.25) is 0 Å². The van der Waals surface area contributed by atoms with Gasteiger partial charge in [-0.1, -0.05) is 23.9 Å². The number of hydrogen-bond acceptors (Lipinski definition) is 4. The highest BCUT2D eigenvalue weighted by Crippen LogP contribution is 2.28. The minimum absolute atomic E-state index is 0.279. The van der Waals surface area contributed by atoms with Crippen LogP contribution < -0.4 is 0 Å². The van der Waals surface area contributed by atoms with Crippen molar-refractivity contribution in [2.75, 3.05) is 0 Å². The number of aromatic carboxylic acids is 1. The number of hydrogen-bond donors (Lipinski definition) is 1. The van der Waals surface area contributed by atoms with E-state index in [9.17, 15) is 4.79 Å². The van der Waals surface area contributed by atoms with E-state index in [0.717, 1.165) is 5.56 Å². The maximum Gasteiger partial charge on any atom is 0.336 e. The van der Waals surface area contributed by atoms with Crippen molar-refractivity contribution in [3.8, 4) is 0 Å². The molecule has 1 N–H and O–H groups in total. The lowest BCUT2D eigenvalue weighted by molar-refractivity contribution is 0.0693. The molecule has 4 nitrogen and oxygen atoms in total. The Kier molecular flexibility index (Phi) is 3.39. The standard InChI is InChI=1S/C12H10N2O2S/c1-8-6-11(14-13-7-8)17-10-5-3-2-4-9(10)12(15)16/h2-7H,1H3,(H,15,16). The fourth-order valence-corrected chi connectivity index (χ4v) is 2.30. The summed E-state index contributed by atoms with van der Waals surface area (Å²) in [5.41, 5.74) is 1.27. The normalized spacial score (nSPS) is 10.2. The van der Waals surface area contributed by atoms with Crippen molar-refractivity contribution < 1.29 is 9.90 Å². The largest absolute Gasteiger partial charge is 0.478 e. The van der Waals surface area contributed by atoms with Crippen LogP contribution in [0.1, 0.15) is 15.9 Å². The zero-order valence-electron chi connectivity index (χ0n) is 9.12. The highest BCUT2D eigenvalue weighted by molar-refractivity contribution is 7.99. The number of aromatic nitrogens is 2. The highest BCUT2D eigenvalue weighted by Gasteiger charge is 2.10. The molecule has 0 saturated heterocycles. The maximum absolute atomic E-state index is 11.0. The zero-order valence-corrected chi connectivity index (χ0v) is 9.94. The molecule has 2 aromatic rings. The fourth-order valence-electron chi connectivity index (χ4n) is 1.33. The first-order valence-corrected chi connectivity index (χ1v) is 5.78. The van der Waals surface area contributed by atoms with Crippen LogP contribution in [0, 0.1) is 6.92 Å². The average molecular weight is 246 g/mol. The number of carbonyl (C=O) groups is 1. The Balaban J connectivity index is 2.33. The molecule has 0 radical (unpaired) electrons. The summed E-state index contributed by atoms with van der Waals surface area (Å²) in [5.74, 6) is -0.936. The molecule has 1 aromatic heterocycles. The first-order valence-electron chi connectivity index (χ1n) is 4.96. The minimum atomic E-state index is -0.936. The van der Waals surface area contributed by atoms with Crippen molar-refractivity contribution in [3.05, 3.63) is 47.7 Å². The maximum atomic E-state index is 11.0. The van der Waals surface area contributed by atoms with Crippen LogP contribution in [-0.4, -0.2) is 21.3 Å². The van der Waals surface area contributed by atoms with Gasteiger partial charge in [-0.25, -0.2) is 4.79 Å². The number of carboxylic acids is 1. The summed E-state index contributed by atoms with van der Waals surface area (Å²) in [6.07, 6.45) is 1.66. The summed E-state index contributed by atoms with van der Waals surface area (Å²) < 4.78 is 0. The third-order valence-corrected chi connectivity index (χ3v) is 3.09. The predicted octanol–water partition coefficient (Wildman–Crippen LogP) is 2.63. The van der Waals surface area contributed by atoms with Gasteiger partial charge in [-0.05, 0) is 30.7 Å². The van der Waals surface area contributed by atoms with Crippen LogP contribution in [0.5, 0.6) is 0 Å². The highest BCUT2D eigenvalue weighted by atomic mass is 32.2. The van der Waals surface area contributed by atoms with Gasteiger partial charge < -0.3 is 5.11 Å². The van der Waals surface area contributed by atoms with Crippen molar-refractivity contribution in [2.24, 2.45) is 0 Å². The minimum Gasteiger partial charge on any atom is -0.478 e. The Morgan fingerprint density at radius 3 is 2.82 bits per heavy atom. The van der Waals surface area contributed by atoms with Gasteiger partial charge >= 0.3 is 5.97 Å². The van der Waals surface area contributed by atoms with E-state index in [1.807, 2.05) is 13.0 Å². The Labute approximate surface area is 103 Å². The summed E-state index contributed by atoms with van der Waals surface area (Å²) in [6.45, 7) is 1.92. The van der Waals surface area contributed by atoms with Crippen molar-refractivity contribution in [1.82, 2.24) is 10.2 Å². The van der Waals surface area contributed by atoms with E-state index >= 15 is 0 Å². The van der Waals surface area contributed by atoms with Crippen molar-refractivity contribution in [1.29, 1.82) is 0 Å². The lowest BCUT2D eigenvalue weighted by atomic mass is 10.2. The predicted molar refractivity (Wildman–Crippen MR) is 64.3 cm³/mol. The van der Waals surface area contributed by atoms with Crippen molar-refractivity contribution in [2.45, 2.75) is 16.8 Å². The van der Waals surface area contributed by atoms with Crippen molar-refractivity contribution in [3.63, 3.8) is 0 Å². The van der Waals surface area contributed by atoms with E-state index in [1.54, 1.807) is 30.5 Å². The second kappa shape index (κ2) is 4.97. The molecular weight excluding hydrogens is 236 g/mol. The SMILES string of the molecule is Cc1cnnc(Sc2ccccc2C(=O)O)c1. The van der Waals surface area contributed by atoms with Crippen LogP contribution in [0.15, 0.2) is 46.5 Å². The average Bonchev–Trinajstić information content (AvgIpc) is 2.29. The Bertz CT molecular complexity index is 558. The number of rotatable bonds is 3. The van der Waals surface area contributed by atoms with Gasteiger partial charge in [0.15, 0.2) is 0 Å². The number of nitrogens with zero attached hydrogens (tertiary/aromatic N) is 2. The molecule has 0 aliphatic carbocycles. The molecule has 1 aromatic carbocycles. The number of benzene rings is 1. The molecule has 0 bridgehead atoms. The Morgan fingerprint density at radius 1 is 1.35 bits per heavy atom. The van der Waals surface area contributed by atoms with Crippen LogP contribution in [0.3, 0.4) is 0 Å². The molecule has 2 rings (SSSR count). The monoisotopic (exact) mass is 246 g/mol. The first-order chi connectivity index (χ1) is 8.16.